The van der Waals surface area contributed by atoms with Crippen molar-refractivity contribution >= 4 is 18.1 Å². The van der Waals surface area contributed by atoms with Gasteiger partial charge in [0.2, 0.25) is 5.69 Å². The van der Waals surface area contributed by atoms with Gasteiger partial charge < -0.3 is 9.47 Å². The number of methoxy groups -OCH3 is 2. The molecule has 20 heavy (non-hydrogen) atoms. The highest BCUT2D eigenvalue weighted by Crippen LogP contribution is 2.18. The van der Waals surface area contributed by atoms with Gasteiger partial charge >= 0.3 is 5.97 Å². The number of nitrogens with zero attached hydrogens (tertiary/aromatic N) is 2. The van der Waals surface area contributed by atoms with Crippen molar-refractivity contribution in [3.8, 4) is 5.75 Å². The van der Waals surface area contributed by atoms with Gasteiger partial charge in [0.1, 0.15) is 0 Å². The summed E-state index contributed by atoms with van der Waals surface area (Å²) in [6, 6.07) is 11.4. The van der Waals surface area contributed by atoms with E-state index < -0.39 is 5.97 Å². The van der Waals surface area contributed by atoms with Crippen LogP contribution >= 0.6 is 0 Å². The number of esters is 1. The Hall–Kier alpha value is -2.69. The molecule has 1 aromatic carbocycles. The van der Waals surface area contributed by atoms with Crippen molar-refractivity contribution in [2.75, 3.05) is 14.2 Å². The molecule has 5 heteroatoms. The van der Waals surface area contributed by atoms with E-state index in [4.69, 9.17) is 4.74 Å². The van der Waals surface area contributed by atoms with Crippen LogP contribution < -0.4 is 4.74 Å². The Morgan fingerprint density at radius 2 is 1.85 bits per heavy atom. The highest BCUT2D eigenvalue weighted by atomic mass is 16.5. The maximum absolute atomic E-state index is 11.5. The minimum Gasteiger partial charge on any atom is -0.494 e. The van der Waals surface area contributed by atoms with Crippen LogP contribution in [0.3, 0.4) is 0 Å². The van der Waals surface area contributed by atoms with Crippen molar-refractivity contribution in [2.24, 2.45) is 0 Å². The summed E-state index contributed by atoms with van der Waals surface area (Å²) < 4.78 is 9.73. The van der Waals surface area contributed by atoms with Gasteiger partial charge in [-0.05, 0) is 11.6 Å². The van der Waals surface area contributed by atoms with Gasteiger partial charge in [0, 0.05) is 6.07 Å². The number of hydrogen-bond donors (Lipinski definition) is 0. The number of hydrogen-bond acceptors (Lipinski definition) is 5. The molecule has 0 aliphatic rings. The Balaban J connectivity index is 2.26. The Morgan fingerprint density at radius 3 is 2.50 bits per heavy atom. The predicted molar refractivity (Wildman–Crippen MR) is 75.3 cm³/mol. The fourth-order valence-electron chi connectivity index (χ4n) is 1.61. The van der Waals surface area contributed by atoms with E-state index in [1.807, 2.05) is 36.4 Å². The highest BCUT2D eigenvalue weighted by Gasteiger charge is 2.15. The first-order valence-electron chi connectivity index (χ1n) is 5.97. The minimum atomic E-state index is -0.576. The quantitative estimate of drug-likeness (QED) is 0.798. The van der Waals surface area contributed by atoms with Crippen LogP contribution in [0.1, 0.15) is 21.7 Å². The minimum absolute atomic E-state index is 0.0619. The second kappa shape index (κ2) is 6.47. The van der Waals surface area contributed by atoms with Crippen molar-refractivity contribution in [3.05, 3.63) is 53.3 Å². The maximum atomic E-state index is 11.5. The molecule has 102 valence electrons. The number of aromatic nitrogens is 2. The topological polar surface area (TPSA) is 61.3 Å². The van der Waals surface area contributed by atoms with Crippen molar-refractivity contribution < 1.29 is 14.3 Å². The smallest absolute Gasteiger partial charge is 0.362 e. The lowest BCUT2D eigenvalue weighted by Crippen LogP contribution is -2.08. The molecule has 0 aliphatic carbocycles. The molecule has 1 heterocycles. The maximum Gasteiger partial charge on any atom is 0.362 e. The number of rotatable bonds is 4. The Kier molecular flexibility index (Phi) is 4.44. The molecule has 0 unspecified atom stereocenters. The third kappa shape index (κ3) is 3.20. The second-order valence-corrected chi connectivity index (χ2v) is 3.92. The van der Waals surface area contributed by atoms with E-state index in [1.54, 1.807) is 12.1 Å². The number of carbonyl (C=O) groups excluding carboxylic acids is 1. The Bertz CT molecular complexity index is 624. The van der Waals surface area contributed by atoms with Crippen LogP contribution in [0.4, 0.5) is 0 Å². The van der Waals surface area contributed by atoms with Crippen LogP contribution in [0.15, 0.2) is 36.4 Å². The molecule has 0 N–H and O–H groups in total. The molecule has 2 rings (SSSR count). The third-order valence-electron chi connectivity index (χ3n) is 2.62. The molecule has 0 atom stereocenters. The van der Waals surface area contributed by atoms with Gasteiger partial charge in [-0.2, -0.15) is 5.10 Å². The molecule has 0 fully saturated rings. The molecule has 0 spiro atoms. The fourth-order valence-corrected chi connectivity index (χ4v) is 1.61. The van der Waals surface area contributed by atoms with Crippen molar-refractivity contribution in [2.45, 2.75) is 0 Å². The van der Waals surface area contributed by atoms with E-state index in [-0.39, 0.29) is 5.69 Å². The van der Waals surface area contributed by atoms with Crippen LogP contribution in [0.25, 0.3) is 12.2 Å². The molecule has 0 saturated heterocycles. The first kappa shape index (κ1) is 13.7. The van der Waals surface area contributed by atoms with Crippen LogP contribution in [-0.2, 0) is 4.74 Å². The van der Waals surface area contributed by atoms with Crippen molar-refractivity contribution in [3.63, 3.8) is 0 Å². The molecule has 0 bridgehead atoms. The van der Waals surface area contributed by atoms with E-state index >= 15 is 0 Å². The van der Waals surface area contributed by atoms with E-state index in [9.17, 15) is 4.79 Å². The summed E-state index contributed by atoms with van der Waals surface area (Å²) in [6.45, 7) is 0. The van der Waals surface area contributed by atoms with Gasteiger partial charge in [0.05, 0.1) is 19.9 Å². The normalized spacial score (nSPS) is 10.5. The van der Waals surface area contributed by atoms with E-state index in [1.165, 1.54) is 14.2 Å². The zero-order valence-electron chi connectivity index (χ0n) is 11.2. The SMILES string of the molecule is COC(=O)c1nnc(/C=C/c2ccccc2)cc1OC. The average Bonchev–Trinajstić information content (AvgIpc) is 2.52. The van der Waals surface area contributed by atoms with E-state index in [0.717, 1.165) is 5.56 Å². The fraction of sp³-hybridized carbons (Fsp3) is 0.133. The van der Waals surface area contributed by atoms with Crippen LogP contribution in [0.2, 0.25) is 0 Å². The molecule has 0 radical (unpaired) electrons. The molecule has 1 aromatic heterocycles. The lowest BCUT2D eigenvalue weighted by atomic mass is 10.2. The largest absolute Gasteiger partial charge is 0.494 e. The van der Waals surface area contributed by atoms with Gasteiger partial charge in [0.25, 0.3) is 0 Å². The predicted octanol–water partition coefficient (Wildman–Crippen LogP) is 2.44. The summed E-state index contributed by atoms with van der Waals surface area (Å²) in [5.74, 6) is -0.243. The monoisotopic (exact) mass is 270 g/mol. The van der Waals surface area contributed by atoms with Gasteiger partial charge in [-0.15, -0.1) is 5.10 Å². The Morgan fingerprint density at radius 1 is 1.10 bits per heavy atom. The summed E-state index contributed by atoms with van der Waals surface area (Å²) >= 11 is 0. The lowest BCUT2D eigenvalue weighted by Gasteiger charge is -2.05. The van der Waals surface area contributed by atoms with Gasteiger partial charge in [-0.1, -0.05) is 36.4 Å². The number of benzene rings is 1. The zero-order valence-corrected chi connectivity index (χ0v) is 11.2. The molecule has 0 aliphatic heterocycles. The third-order valence-corrected chi connectivity index (χ3v) is 2.62. The zero-order chi connectivity index (χ0) is 14.4. The highest BCUT2D eigenvalue weighted by molar-refractivity contribution is 5.90. The molecular weight excluding hydrogens is 256 g/mol. The van der Waals surface area contributed by atoms with Gasteiger partial charge in [-0.3, -0.25) is 0 Å². The molecule has 2 aromatic rings. The van der Waals surface area contributed by atoms with Crippen molar-refractivity contribution in [1.82, 2.24) is 10.2 Å². The second-order valence-electron chi connectivity index (χ2n) is 3.92. The van der Waals surface area contributed by atoms with Gasteiger partial charge in [-0.25, -0.2) is 4.79 Å². The molecule has 0 saturated carbocycles. The van der Waals surface area contributed by atoms with E-state index in [0.29, 0.717) is 11.4 Å². The van der Waals surface area contributed by atoms with Crippen LogP contribution in [0.5, 0.6) is 5.75 Å². The molecule has 5 nitrogen and oxygen atoms in total. The van der Waals surface area contributed by atoms with Crippen molar-refractivity contribution in [1.29, 1.82) is 0 Å². The van der Waals surface area contributed by atoms with Crippen LogP contribution in [0, 0.1) is 0 Å². The Labute approximate surface area is 116 Å². The van der Waals surface area contributed by atoms with Gasteiger partial charge in [0.15, 0.2) is 5.75 Å². The summed E-state index contributed by atoms with van der Waals surface area (Å²) in [7, 11) is 2.75. The average molecular weight is 270 g/mol. The molecule has 0 amide bonds. The number of ether oxygens (including phenoxy) is 2. The summed E-state index contributed by atoms with van der Waals surface area (Å²) in [5.41, 5.74) is 1.70. The number of carbonyl (C=O) groups is 1. The standard InChI is InChI=1S/C15H14N2O3/c1-19-13-10-12(16-17-14(13)15(18)20-2)9-8-11-6-4-3-5-7-11/h3-10H,1-2H3/b9-8+. The van der Waals surface area contributed by atoms with E-state index in [2.05, 4.69) is 14.9 Å². The summed E-state index contributed by atoms with van der Waals surface area (Å²) in [6.07, 6.45) is 3.70. The molecular formula is C15H14N2O3. The first-order chi connectivity index (χ1) is 9.74. The van der Waals surface area contributed by atoms with Crippen LogP contribution in [-0.4, -0.2) is 30.4 Å². The summed E-state index contributed by atoms with van der Waals surface area (Å²) in [4.78, 5) is 11.5. The lowest BCUT2D eigenvalue weighted by molar-refractivity contribution is 0.0588. The first-order valence-corrected chi connectivity index (χ1v) is 5.97. The summed E-state index contributed by atoms with van der Waals surface area (Å²) in [5, 5.41) is 7.79.